The summed E-state index contributed by atoms with van der Waals surface area (Å²) in [6, 6.07) is 10.4. The molecular weight excluding hydrogens is 274 g/mol. The number of carbonyl (C=O) groups is 1. The Balaban J connectivity index is 1.88. The van der Waals surface area contributed by atoms with Gasteiger partial charge in [-0.1, -0.05) is 30.3 Å². The summed E-state index contributed by atoms with van der Waals surface area (Å²) in [5.41, 5.74) is 7.13. The lowest BCUT2D eigenvalue weighted by atomic mass is 10.1. The van der Waals surface area contributed by atoms with Crippen LogP contribution in [0, 0.1) is 5.92 Å². The Morgan fingerprint density at radius 3 is 2.59 bits per heavy atom. The van der Waals surface area contributed by atoms with E-state index in [0.717, 1.165) is 32.6 Å². The lowest BCUT2D eigenvalue weighted by Gasteiger charge is -2.31. The molecule has 2 atom stereocenters. The van der Waals surface area contributed by atoms with Crippen molar-refractivity contribution >= 4 is 5.91 Å². The monoisotopic (exact) mass is 303 g/mol. The lowest BCUT2D eigenvalue weighted by Crippen LogP contribution is -2.47. The summed E-state index contributed by atoms with van der Waals surface area (Å²) in [7, 11) is 0. The van der Waals surface area contributed by atoms with Gasteiger partial charge < -0.3 is 10.6 Å². The molecule has 1 saturated heterocycles. The van der Waals surface area contributed by atoms with E-state index in [0.29, 0.717) is 5.92 Å². The first-order valence-corrected chi connectivity index (χ1v) is 8.29. The number of nitrogens with two attached hydrogens (primary N) is 1. The number of carbonyl (C=O) groups excluding carboxylic acids is 1. The molecule has 0 saturated carbocycles. The van der Waals surface area contributed by atoms with E-state index in [2.05, 4.69) is 49.1 Å². The molecule has 1 aliphatic rings. The van der Waals surface area contributed by atoms with Crippen LogP contribution in [0.5, 0.6) is 0 Å². The zero-order valence-corrected chi connectivity index (χ0v) is 14.0. The second-order valence-corrected chi connectivity index (χ2v) is 6.75. The number of likely N-dealkylation sites (tertiary alicyclic amines) is 1. The van der Waals surface area contributed by atoms with Crippen LogP contribution in [-0.2, 0) is 11.3 Å². The molecule has 1 aliphatic heterocycles. The zero-order valence-electron chi connectivity index (χ0n) is 14.0. The topological polar surface area (TPSA) is 49.6 Å². The number of hydrogen-bond donors (Lipinski definition) is 1. The molecule has 22 heavy (non-hydrogen) atoms. The standard InChI is InChI=1S/C18H29N3O/c1-14(2)21(18(22)15(3)19)13-17-9-10-20(12-17)11-16-7-5-4-6-8-16/h4-8,14-15,17H,9-13,19H2,1-3H3. The highest BCUT2D eigenvalue weighted by Crippen LogP contribution is 2.21. The van der Waals surface area contributed by atoms with Crippen LogP contribution < -0.4 is 5.73 Å². The van der Waals surface area contributed by atoms with Crippen molar-refractivity contribution in [1.29, 1.82) is 0 Å². The van der Waals surface area contributed by atoms with Gasteiger partial charge in [0.2, 0.25) is 5.91 Å². The van der Waals surface area contributed by atoms with Crippen molar-refractivity contribution in [2.75, 3.05) is 19.6 Å². The average molecular weight is 303 g/mol. The van der Waals surface area contributed by atoms with Crippen LogP contribution in [0.1, 0.15) is 32.8 Å². The highest BCUT2D eigenvalue weighted by molar-refractivity contribution is 5.81. The quantitative estimate of drug-likeness (QED) is 0.875. The van der Waals surface area contributed by atoms with E-state index in [4.69, 9.17) is 5.73 Å². The Morgan fingerprint density at radius 1 is 1.32 bits per heavy atom. The molecule has 4 nitrogen and oxygen atoms in total. The van der Waals surface area contributed by atoms with Gasteiger partial charge in [-0.3, -0.25) is 9.69 Å². The molecule has 1 aromatic rings. The van der Waals surface area contributed by atoms with Gasteiger partial charge >= 0.3 is 0 Å². The van der Waals surface area contributed by atoms with Crippen LogP contribution in [0.4, 0.5) is 0 Å². The lowest BCUT2D eigenvalue weighted by molar-refractivity contribution is -0.134. The van der Waals surface area contributed by atoms with Gasteiger partial charge in [0.25, 0.3) is 0 Å². The summed E-state index contributed by atoms with van der Waals surface area (Å²) < 4.78 is 0. The van der Waals surface area contributed by atoms with E-state index >= 15 is 0 Å². The van der Waals surface area contributed by atoms with Gasteiger partial charge in [0.15, 0.2) is 0 Å². The van der Waals surface area contributed by atoms with Crippen molar-refractivity contribution in [3.05, 3.63) is 35.9 Å². The second kappa shape index (κ2) is 7.75. The first-order chi connectivity index (χ1) is 10.5. The van der Waals surface area contributed by atoms with Gasteiger partial charge in [-0.2, -0.15) is 0 Å². The molecule has 0 aromatic heterocycles. The molecule has 122 valence electrons. The fourth-order valence-corrected chi connectivity index (χ4v) is 3.14. The molecule has 1 heterocycles. The van der Waals surface area contributed by atoms with Crippen molar-refractivity contribution in [2.24, 2.45) is 11.7 Å². The molecule has 1 fully saturated rings. The molecule has 0 aliphatic carbocycles. The molecule has 0 radical (unpaired) electrons. The molecule has 0 spiro atoms. The van der Waals surface area contributed by atoms with Crippen LogP contribution in [-0.4, -0.2) is 47.4 Å². The molecule has 4 heteroatoms. The fourth-order valence-electron chi connectivity index (χ4n) is 3.14. The Morgan fingerprint density at radius 2 is 2.00 bits per heavy atom. The van der Waals surface area contributed by atoms with E-state index in [1.54, 1.807) is 6.92 Å². The van der Waals surface area contributed by atoms with Crippen molar-refractivity contribution in [3.63, 3.8) is 0 Å². The Hall–Kier alpha value is -1.39. The van der Waals surface area contributed by atoms with Gasteiger partial charge in [-0.05, 0) is 45.2 Å². The number of hydrogen-bond acceptors (Lipinski definition) is 3. The maximum absolute atomic E-state index is 12.2. The van der Waals surface area contributed by atoms with Crippen LogP contribution in [0.2, 0.25) is 0 Å². The van der Waals surface area contributed by atoms with E-state index in [1.165, 1.54) is 5.56 Å². The van der Waals surface area contributed by atoms with E-state index in [-0.39, 0.29) is 11.9 Å². The Labute approximate surface area is 134 Å². The largest absolute Gasteiger partial charge is 0.339 e. The van der Waals surface area contributed by atoms with Crippen LogP contribution in [0.25, 0.3) is 0 Å². The van der Waals surface area contributed by atoms with Gasteiger partial charge in [-0.15, -0.1) is 0 Å². The number of nitrogens with zero attached hydrogens (tertiary/aromatic N) is 2. The van der Waals surface area contributed by atoms with Crippen LogP contribution in [0.15, 0.2) is 30.3 Å². The third-order valence-electron chi connectivity index (χ3n) is 4.37. The van der Waals surface area contributed by atoms with E-state index in [1.807, 2.05) is 4.90 Å². The smallest absolute Gasteiger partial charge is 0.239 e. The van der Waals surface area contributed by atoms with Crippen molar-refractivity contribution in [1.82, 2.24) is 9.80 Å². The normalized spacial score (nSPS) is 20.3. The molecule has 1 aromatic carbocycles. The third kappa shape index (κ3) is 4.55. The Bertz CT molecular complexity index is 472. The van der Waals surface area contributed by atoms with Gasteiger partial charge in [0, 0.05) is 25.7 Å². The summed E-state index contributed by atoms with van der Waals surface area (Å²) in [5.74, 6) is 0.616. The maximum atomic E-state index is 12.2. The predicted molar refractivity (Wildman–Crippen MR) is 90.3 cm³/mol. The highest BCUT2D eigenvalue weighted by Gasteiger charge is 2.28. The van der Waals surface area contributed by atoms with Crippen molar-refractivity contribution in [2.45, 2.75) is 45.8 Å². The van der Waals surface area contributed by atoms with Gasteiger partial charge in [0.1, 0.15) is 0 Å². The number of rotatable bonds is 6. The minimum Gasteiger partial charge on any atom is -0.339 e. The number of amides is 1. The fraction of sp³-hybridized carbons (Fsp3) is 0.611. The van der Waals surface area contributed by atoms with Crippen LogP contribution in [0.3, 0.4) is 0 Å². The molecule has 1 amide bonds. The Kier molecular flexibility index (Phi) is 5.98. The van der Waals surface area contributed by atoms with E-state index in [9.17, 15) is 4.79 Å². The maximum Gasteiger partial charge on any atom is 0.239 e. The van der Waals surface area contributed by atoms with Gasteiger partial charge in [-0.25, -0.2) is 0 Å². The molecule has 2 unspecified atom stereocenters. The van der Waals surface area contributed by atoms with Gasteiger partial charge in [0.05, 0.1) is 6.04 Å². The first-order valence-electron chi connectivity index (χ1n) is 8.29. The second-order valence-electron chi connectivity index (χ2n) is 6.75. The molecule has 2 rings (SSSR count). The predicted octanol–water partition coefficient (Wildman–Crippen LogP) is 2.09. The summed E-state index contributed by atoms with van der Waals surface area (Å²) >= 11 is 0. The number of benzene rings is 1. The average Bonchev–Trinajstić information content (AvgIpc) is 2.92. The molecule has 2 N–H and O–H groups in total. The van der Waals surface area contributed by atoms with Crippen molar-refractivity contribution < 1.29 is 4.79 Å². The highest BCUT2D eigenvalue weighted by atomic mass is 16.2. The SMILES string of the molecule is CC(N)C(=O)N(CC1CCN(Cc2ccccc2)C1)C(C)C. The summed E-state index contributed by atoms with van der Waals surface area (Å²) in [6.07, 6.45) is 1.16. The molecular formula is C18H29N3O. The van der Waals surface area contributed by atoms with Crippen LogP contribution >= 0.6 is 0 Å². The first kappa shape index (κ1) is 17.0. The summed E-state index contributed by atoms with van der Waals surface area (Å²) in [5, 5.41) is 0. The molecule has 0 bridgehead atoms. The minimum absolute atomic E-state index is 0.0662. The summed E-state index contributed by atoms with van der Waals surface area (Å²) in [4.78, 5) is 16.7. The minimum atomic E-state index is -0.413. The summed E-state index contributed by atoms with van der Waals surface area (Å²) in [6.45, 7) is 9.90. The van der Waals surface area contributed by atoms with E-state index < -0.39 is 6.04 Å². The zero-order chi connectivity index (χ0) is 16.1. The third-order valence-corrected chi connectivity index (χ3v) is 4.37. The van der Waals surface area contributed by atoms with Crippen molar-refractivity contribution in [3.8, 4) is 0 Å².